The van der Waals surface area contributed by atoms with Crippen LogP contribution in [0.3, 0.4) is 0 Å². The van der Waals surface area contributed by atoms with Gasteiger partial charge >= 0.3 is 0 Å². The van der Waals surface area contributed by atoms with Crippen molar-refractivity contribution in [3.63, 3.8) is 0 Å². The highest BCUT2D eigenvalue weighted by Crippen LogP contribution is 2.40. The van der Waals surface area contributed by atoms with Gasteiger partial charge in [0.1, 0.15) is 22.3 Å². The van der Waals surface area contributed by atoms with Crippen molar-refractivity contribution in [1.82, 2.24) is 15.0 Å². The van der Waals surface area contributed by atoms with E-state index in [1.807, 2.05) is 54.6 Å². The summed E-state index contributed by atoms with van der Waals surface area (Å²) in [5.74, 6) is 1.71. The van der Waals surface area contributed by atoms with Crippen LogP contribution in [-0.4, -0.2) is 15.0 Å². The van der Waals surface area contributed by atoms with E-state index in [2.05, 4.69) is 133 Å². The Hall–Kier alpha value is -7.63. The van der Waals surface area contributed by atoms with Crippen molar-refractivity contribution in [2.75, 3.05) is 0 Å². The fourth-order valence-corrected chi connectivity index (χ4v) is 7.85. The van der Waals surface area contributed by atoms with Gasteiger partial charge in [0.2, 0.25) is 0 Å². The average molecular weight is 718 g/mol. The standard InChI is InChI=1S/C51H31N3O2/c1-3-12-32(13-4-1)34-24-26-35(27-25-34)49-52-50(40-19-10-22-45-47(40)39-18-7-8-21-43(39)55-45)54-51(53-49)41-20-11-23-46-48(41)42-31-38(28-29-44(42)56-46)37-17-9-16-36(30-37)33-14-5-2-6-15-33/h1-31H. The molecule has 0 aliphatic carbocycles. The summed E-state index contributed by atoms with van der Waals surface area (Å²) in [5, 5.41) is 3.94. The highest BCUT2D eigenvalue weighted by molar-refractivity contribution is 6.14. The van der Waals surface area contributed by atoms with Gasteiger partial charge in [0.25, 0.3) is 0 Å². The van der Waals surface area contributed by atoms with Gasteiger partial charge in [-0.3, -0.25) is 0 Å². The van der Waals surface area contributed by atoms with Crippen molar-refractivity contribution < 1.29 is 8.83 Å². The van der Waals surface area contributed by atoms with E-state index in [1.165, 1.54) is 11.1 Å². The third-order valence-electron chi connectivity index (χ3n) is 10.6. The Balaban J connectivity index is 1.11. The number of hydrogen-bond acceptors (Lipinski definition) is 5. The fourth-order valence-electron chi connectivity index (χ4n) is 7.85. The molecule has 0 bridgehead atoms. The smallest absolute Gasteiger partial charge is 0.164 e. The normalized spacial score (nSPS) is 11.6. The highest BCUT2D eigenvalue weighted by atomic mass is 16.3. The van der Waals surface area contributed by atoms with Crippen LogP contribution in [0.2, 0.25) is 0 Å². The Morgan fingerprint density at radius 2 is 0.696 bits per heavy atom. The molecule has 0 saturated carbocycles. The van der Waals surface area contributed by atoms with Crippen molar-refractivity contribution in [3.8, 4) is 67.5 Å². The summed E-state index contributed by atoms with van der Waals surface area (Å²) in [6, 6.07) is 64.6. The predicted octanol–water partition coefficient (Wildman–Crippen LogP) is 13.7. The molecule has 5 nitrogen and oxygen atoms in total. The molecule has 0 unspecified atom stereocenters. The molecule has 0 radical (unpaired) electrons. The topological polar surface area (TPSA) is 65.0 Å². The zero-order valence-electron chi connectivity index (χ0n) is 30.1. The zero-order valence-corrected chi connectivity index (χ0v) is 30.1. The van der Waals surface area contributed by atoms with Crippen LogP contribution in [0.1, 0.15) is 0 Å². The van der Waals surface area contributed by atoms with Crippen LogP contribution in [0.25, 0.3) is 111 Å². The number of rotatable bonds is 6. The van der Waals surface area contributed by atoms with E-state index in [9.17, 15) is 0 Å². The largest absolute Gasteiger partial charge is 0.456 e. The van der Waals surface area contributed by atoms with Crippen LogP contribution in [0.15, 0.2) is 197 Å². The minimum absolute atomic E-state index is 0.562. The molecule has 0 aliphatic rings. The van der Waals surface area contributed by atoms with Gasteiger partial charge in [0.15, 0.2) is 17.5 Å². The molecule has 56 heavy (non-hydrogen) atoms. The average Bonchev–Trinajstić information content (AvgIpc) is 3.85. The van der Waals surface area contributed by atoms with Gasteiger partial charge in [-0.15, -0.1) is 0 Å². The van der Waals surface area contributed by atoms with E-state index in [0.29, 0.717) is 17.5 Å². The van der Waals surface area contributed by atoms with Crippen LogP contribution in [0.4, 0.5) is 0 Å². The fraction of sp³-hybridized carbons (Fsp3) is 0. The summed E-state index contributed by atoms with van der Waals surface area (Å²) in [6.07, 6.45) is 0. The van der Waals surface area contributed by atoms with Gasteiger partial charge in [-0.1, -0.05) is 152 Å². The molecule has 0 amide bonds. The number of furan rings is 2. The number of para-hydroxylation sites is 1. The molecule has 262 valence electrons. The summed E-state index contributed by atoms with van der Waals surface area (Å²) >= 11 is 0. The molecule has 8 aromatic carbocycles. The monoisotopic (exact) mass is 717 g/mol. The summed E-state index contributed by atoms with van der Waals surface area (Å²) in [6.45, 7) is 0. The van der Waals surface area contributed by atoms with Crippen molar-refractivity contribution in [3.05, 3.63) is 188 Å². The maximum Gasteiger partial charge on any atom is 0.164 e. The third kappa shape index (κ3) is 5.45. The summed E-state index contributed by atoms with van der Waals surface area (Å²) < 4.78 is 12.8. The lowest BCUT2D eigenvalue weighted by molar-refractivity contribution is 0.668. The molecule has 0 fully saturated rings. The van der Waals surface area contributed by atoms with Gasteiger partial charge in [-0.05, 0) is 69.8 Å². The minimum atomic E-state index is 0.562. The van der Waals surface area contributed by atoms with E-state index in [0.717, 1.165) is 82.8 Å². The first-order valence-corrected chi connectivity index (χ1v) is 18.7. The van der Waals surface area contributed by atoms with Crippen molar-refractivity contribution in [2.24, 2.45) is 0 Å². The number of aromatic nitrogens is 3. The number of benzene rings is 8. The lowest BCUT2D eigenvalue weighted by Gasteiger charge is -2.11. The molecule has 5 heteroatoms. The van der Waals surface area contributed by atoms with Gasteiger partial charge < -0.3 is 8.83 Å². The van der Waals surface area contributed by atoms with Crippen molar-refractivity contribution in [2.45, 2.75) is 0 Å². The van der Waals surface area contributed by atoms with Gasteiger partial charge in [0.05, 0.1) is 0 Å². The lowest BCUT2D eigenvalue weighted by atomic mass is 9.97. The molecule has 0 spiro atoms. The highest BCUT2D eigenvalue weighted by Gasteiger charge is 2.21. The Morgan fingerprint density at radius 1 is 0.268 bits per heavy atom. The molecule has 3 aromatic heterocycles. The van der Waals surface area contributed by atoms with E-state index in [-0.39, 0.29) is 0 Å². The molecule has 0 atom stereocenters. The first-order valence-electron chi connectivity index (χ1n) is 18.7. The number of fused-ring (bicyclic) bond motifs is 6. The van der Waals surface area contributed by atoms with Gasteiger partial charge in [-0.2, -0.15) is 0 Å². The molecule has 0 aliphatic heterocycles. The lowest BCUT2D eigenvalue weighted by Crippen LogP contribution is -2.00. The van der Waals surface area contributed by atoms with Gasteiger partial charge in [0, 0.05) is 38.2 Å². The second-order valence-electron chi connectivity index (χ2n) is 14.0. The predicted molar refractivity (Wildman–Crippen MR) is 227 cm³/mol. The Bertz CT molecular complexity index is 3240. The molecule has 0 N–H and O–H groups in total. The molecular weight excluding hydrogens is 687 g/mol. The first-order chi connectivity index (χ1) is 27.7. The van der Waals surface area contributed by atoms with Crippen LogP contribution in [0, 0.1) is 0 Å². The van der Waals surface area contributed by atoms with E-state index in [4.69, 9.17) is 23.8 Å². The molecule has 0 saturated heterocycles. The summed E-state index contributed by atoms with van der Waals surface area (Å²) in [5.41, 5.74) is 12.7. The summed E-state index contributed by atoms with van der Waals surface area (Å²) in [7, 11) is 0. The second kappa shape index (κ2) is 13.0. The van der Waals surface area contributed by atoms with Crippen LogP contribution in [0.5, 0.6) is 0 Å². The van der Waals surface area contributed by atoms with Crippen molar-refractivity contribution >= 4 is 43.9 Å². The third-order valence-corrected chi connectivity index (χ3v) is 10.6. The van der Waals surface area contributed by atoms with Crippen LogP contribution in [-0.2, 0) is 0 Å². The molecular formula is C51H31N3O2. The Labute approximate surface area is 322 Å². The van der Waals surface area contributed by atoms with Crippen molar-refractivity contribution in [1.29, 1.82) is 0 Å². The molecule has 11 rings (SSSR count). The summed E-state index contributed by atoms with van der Waals surface area (Å²) in [4.78, 5) is 15.6. The number of hydrogen-bond donors (Lipinski definition) is 0. The molecule has 11 aromatic rings. The van der Waals surface area contributed by atoms with Crippen LogP contribution < -0.4 is 0 Å². The quantitative estimate of drug-likeness (QED) is 0.171. The first kappa shape index (κ1) is 31.9. The maximum atomic E-state index is 6.50. The van der Waals surface area contributed by atoms with E-state index in [1.54, 1.807) is 0 Å². The Kier molecular flexibility index (Phi) is 7.42. The van der Waals surface area contributed by atoms with Gasteiger partial charge in [-0.25, -0.2) is 15.0 Å². The zero-order chi connectivity index (χ0) is 37.0. The minimum Gasteiger partial charge on any atom is -0.456 e. The Morgan fingerprint density at radius 3 is 1.38 bits per heavy atom. The number of nitrogens with zero attached hydrogens (tertiary/aromatic N) is 3. The maximum absolute atomic E-state index is 6.50. The SMILES string of the molecule is c1ccc(-c2ccc(-c3nc(-c4cccc5oc6ccccc6c45)nc(-c4cccc5oc6ccc(-c7cccc(-c8ccccc8)c7)cc6c45)n3)cc2)cc1. The second-order valence-corrected chi connectivity index (χ2v) is 14.0. The van der Waals surface area contributed by atoms with E-state index >= 15 is 0 Å². The molecule has 3 heterocycles. The van der Waals surface area contributed by atoms with E-state index < -0.39 is 0 Å². The van der Waals surface area contributed by atoms with Crippen LogP contribution >= 0.6 is 0 Å².